The number of hydrogen-bond acceptors (Lipinski definition) is 4. The van der Waals surface area contributed by atoms with Gasteiger partial charge in [-0.3, -0.25) is 4.79 Å². The minimum absolute atomic E-state index is 0.105. The summed E-state index contributed by atoms with van der Waals surface area (Å²) in [6.45, 7) is 6.66. The third-order valence-electron chi connectivity index (χ3n) is 3.87. The van der Waals surface area contributed by atoms with Crippen LogP contribution in [0, 0.1) is 11.6 Å². The van der Waals surface area contributed by atoms with Crippen molar-refractivity contribution in [2.75, 3.05) is 18.0 Å². The van der Waals surface area contributed by atoms with Crippen LogP contribution in [0.2, 0.25) is 0 Å². The molecule has 0 saturated carbocycles. The zero-order chi connectivity index (χ0) is 20.0. The topological polar surface area (TPSA) is 53.4 Å². The molecular weight excluding hydrogens is 370 g/mol. The Morgan fingerprint density at radius 3 is 2.30 bits per heavy atom. The summed E-state index contributed by atoms with van der Waals surface area (Å²) < 4.78 is 29.1. The number of carbonyl (C=O) groups is 1. The smallest absolute Gasteiger partial charge is 0.300 e. The van der Waals surface area contributed by atoms with Crippen molar-refractivity contribution >= 4 is 23.4 Å². The third-order valence-corrected chi connectivity index (χ3v) is 4.89. The van der Waals surface area contributed by atoms with E-state index in [1.165, 1.54) is 12.1 Å². The third kappa shape index (κ3) is 5.92. The van der Waals surface area contributed by atoms with Gasteiger partial charge >= 0.3 is 0 Å². The van der Waals surface area contributed by atoms with Gasteiger partial charge in [0.05, 0.1) is 0 Å². The molecule has 2 heterocycles. The summed E-state index contributed by atoms with van der Waals surface area (Å²) in [6.07, 6.45) is 3.68. The first-order valence-electron chi connectivity index (χ1n) is 8.85. The van der Waals surface area contributed by atoms with Crippen LogP contribution in [0.1, 0.15) is 33.6 Å². The van der Waals surface area contributed by atoms with Crippen molar-refractivity contribution in [1.82, 2.24) is 4.98 Å². The lowest BCUT2D eigenvalue weighted by Gasteiger charge is -2.20. The minimum Gasteiger partial charge on any atom is -0.481 e. The second-order valence-electron chi connectivity index (χ2n) is 6.52. The minimum atomic E-state index is -0.833. The molecule has 2 aromatic rings. The van der Waals surface area contributed by atoms with Crippen LogP contribution in [0.4, 0.5) is 14.5 Å². The SMILES string of the molecule is CC(=O)O.CC(C)Sc1ncccc1-c1cc(F)c(N2CCCC2)c(F)c1. The van der Waals surface area contributed by atoms with Crippen LogP contribution in [0.15, 0.2) is 35.5 Å². The van der Waals surface area contributed by atoms with Gasteiger partial charge in [-0.05, 0) is 36.6 Å². The van der Waals surface area contributed by atoms with Crippen molar-refractivity contribution in [1.29, 1.82) is 0 Å². The van der Waals surface area contributed by atoms with Crippen LogP contribution in [0.5, 0.6) is 0 Å². The first-order chi connectivity index (χ1) is 12.8. The number of benzene rings is 1. The molecule has 1 saturated heterocycles. The van der Waals surface area contributed by atoms with Gasteiger partial charge in [0.1, 0.15) is 22.3 Å². The molecule has 1 aromatic heterocycles. The van der Waals surface area contributed by atoms with E-state index in [2.05, 4.69) is 18.8 Å². The maximum absolute atomic E-state index is 14.5. The number of rotatable bonds is 4. The molecular formula is C20H24F2N2O2S. The maximum Gasteiger partial charge on any atom is 0.300 e. The largest absolute Gasteiger partial charge is 0.481 e. The Balaban J connectivity index is 0.000000596. The standard InChI is InChI=1S/C18H20F2N2S.C2H4O2/c1-12(2)23-18-14(6-5-7-21-18)13-10-15(19)17(16(20)11-13)22-8-3-4-9-22;1-2(3)4/h5-7,10-12H,3-4,8-9H2,1-2H3;1H3,(H,3,4). The van der Waals surface area contributed by atoms with E-state index in [0.717, 1.165) is 30.4 Å². The lowest BCUT2D eigenvalue weighted by molar-refractivity contribution is -0.134. The van der Waals surface area contributed by atoms with E-state index in [-0.39, 0.29) is 5.69 Å². The molecule has 7 heteroatoms. The molecule has 4 nitrogen and oxygen atoms in total. The van der Waals surface area contributed by atoms with Gasteiger partial charge in [0.15, 0.2) is 0 Å². The molecule has 0 spiro atoms. The lowest BCUT2D eigenvalue weighted by Crippen LogP contribution is -2.20. The molecule has 0 radical (unpaired) electrons. The summed E-state index contributed by atoms with van der Waals surface area (Å²) in [5.41, 5.74) is 1.42. The number of halogens is 2. The Morgan fingerprint density at radius 2 is 1.78 bits per heavy atom. The van der Waals surface area contributed by atoms with Gasteiger partial charge in [0.2, 0.25) is 0 Å². The van der Waals surface area contributed by atoms with Crippen molar-refractivity contribution in [3.63, 3.8) is 0 Å². The molecule has 1 aliphatic rings. The highest BCUT2D eigenvalue weighted by atomic mass is 32.2. The number of carboxylic acid groups (broad SMARTS) is 1. The quantitative estimate of drug-likeness (QED) is 0.721. The number of nitrogens with zero attached hydrogens (tertiary/aromatic N) is 2. The molecule has 1 aromatic carbocycles. The predicted octanol–water partition coefficient (Wildman–Crippen LogP) is 5.22. The monoisotopic (exact) mass is 394 g/mol. The van der Waals surface area contributed by atoms with E-state index in [1.54, 1.807) is 28.9 Å². The summed E-state index contributed by atoms with van der Waals surface area (Å²) in [4.78, 5) is 15.2. The fourth-order valence-corrected chi connectivity index (χ4v) is 3.77. The summed E-state index contributed by atoms with van der Waals surface area (Å²) in [5.74, 6) is -1.82. The number of carboxylic acids is 1. The van der Waals surface area contributed by atoms with Gasteiger partial charge in [0.25, 0.3) is 5.97 Å². The van der Waals surface area contributed by atoms with Crippen molar-refractivity contribution < 1.29 is 18.7 Å². The Kier molecular flexibility index (Phi) is 7.59. The maximum atomic E-state index is 14.5. The Morgan fingerprint density at radius 1 is 1.22 bits per heavy atom. The summed E-state index contributed by atoms with van der Waals surface area (Å²) in [7, 11) is 0. The van der Waals surface area contributed by atoms with Crippen LogP contribution in [-0.4, -0.2) is 34.4 Å². The molecule has 27 heavy (non-hydrogen) atoms. The molecule has 3 rings (SSSR count). The molecule has 1 aliphatic heterocycles. The van der Waals surface area contributed by atoms with E-state index >= 15 is 0 Å². The highest BCUT2D eigenvalue weighted by Gasteiger charge is 2.22. The van der Waals surface area contributed by atoms with Gasteiger partial charge in [-0.2, -0.15) is 0 Å². The van der Waals surface area contributed by atoms with Crippen LogP contribution >= 0.6 is 11.8 Å². The van der Waals surface area contributed by atoms with Crippen LogP contribution in [0.25, 0.3) is 11.1 Å². The summed E-state index contributed by atoms with van der Waals surface area (Å²) >= 11 is 1.59. The average Bonchev–Trinajstić information content (AvgIpc) is 3.07. The van der Waals surface area contributed by atoms with Gasteiger partial charge in [-0.25, -0.2) is 13.8 Å². The second-order valence-corrected chi connectivity index (χ2v) is 8.09. The lowest BCUT2D eigenvalue weighted by atomic mass is 10.1. The number of thioether (sulfide) groups is 1. The first kappa shape index (κ1) is 21.2. The van der Waals surface area contributed by atoms with Crippen molar-refractivity contribution in [3.05, 3.63) is 42.1 Å². The van der Waals surface area contributed by atoms with E-state index in [1.807, 2.05) is 6.07 Å². The Labute approximate surface area is 162 Å². The van der Waals surface area contributed by atoms with Gasteiger partial charge in [-0.1, -0.05) is 19.9 Å². The Bertz CT molecular complexity index is 766. The number of anilines is 1. The molecule has 0 amide bonds. The van der Waals surface area contributed by atoms with Crippen LogP contribution < -0.4 is 4.90 Å². The number of aliphatic carboxylic acids is 1. The molecule has 1 fully saturated rings. The van der Waals surface area contributed by atoms with Crippen molar-refractivity contribution in [2.24, 2.45) is 0 Å². The number of hydrogen-bond donors (Lipinski definition) is 1. The van der Waals surface area contributed by atoms with Gasteiger partial charge in [0, 0.05) is 37.0 Å². The highest BCUT2D eigenvalue weighted by Crippen LogP contribution is 2.36. The van der Waals surface area contributed by atoms with E-state index in [4.69, 9.17) is 9.90 Å². The normalized spacial score (nSPS) is 13.5. The van der Waals surface area contributed by atoms with Crippen LogP contribution in [0.3, 0.4) is 0 Å². The molecule has 0 unspecified atom stereocenters. The Hall–Kier alpha value is -2.15. The summed E-state index contributed by atoms with van der Waals surface area (Å²) in [6, 6.07) is 6.52. The van der Waals surface area contributed by atoms with Crippen molar-refractivity contribution in [2.45, 2.75) is 43.9 Å². The second kappa shape index (κ2) is 9.69. The molecule has 0 bridgehead atoms. The van der Waals surface area contributed by atoms with Gasteiger partial charge in [-0.15, -0.1) is 11.8 Å². The zero-order valence-electron chi connectivity index (χ0n) is 15.7. The molecule has 0 aliphatic carbocycles. The van der Waals surface area contributed by atoms with E-state index in [9.17, 15) is 8.78 Å². The summed E-state index contributed by atoms with van der Waals surface area (Å²) in [5, 5.41) is 8.57. The van der Waals surface area contributed by atoms with Gasteiger partial charge < -0.3 is 10.0 Å². The van der Waals surface area contributed by atoms with Crippen molar-refractivity contribution in [3.8, 4) is 11.1 Å². The number of aromatic nitrogens is 1. The first-order valence-corrected chi connectivity index (χ1v) is 9.73. The zero-order valence-corrected chi connectivity index (χ0v) is 16.5. The average molecular weight is 394 g/mol. The molecule has 1 N–H and O–H groups in total. The number of pyridine rings is 1. The van der Waals surface area contributed by atoms with E-state index in [0.29, 0.717) is 23.9 Å². The van der Waals surface area contributed by atoms with E-state index < -0.39 is 17.6 Å². The fourth-order valence-electron chi connectivity index (χ4n) is 2.89. The highest BCUT2D eigenvalue weighted by molar-refractivity contribution is 7.99. The fraction of sp³-hybridized carbons (Fsp3) is 0.400. The molecule has 0 atom stereocenters. The van der Waals surface area contributed by atoms with Crippen LogP contribution in [-0.2, 0) is 4.79 Å². The molecule has 146 valence electrons. The predicted molar refractivity (Wildman–Crippen MR) is 105 cm³/mol.